The molecule has 0 unspecified atom stereocenters. The molecule has 1 aromatic rings. The minimum atomic E-state index is -1.01. The van der Waals surface area contributed by atoms with Gasteiger partial charge in [-0.25, -0.2) is 9.78 Å². The predicted octanol–water partition coefficient (Wildman–Crippen LogP) is 1.22. The highest BCUT2D eigenvalue weighted by atomic mass is 16.4. The second-order valence-electron chi connectivity index (χ2n) is 4.17. The molecule has 0 aliphatic carbocycles. The third kappa shape index (κ3) is 4.24. The van der Waals surface area contributed by atoms with Gasteiger partial charge in [-0.2, -0.15) is 0 Å². The molecule has 0 fully saturated rings. The number of carbonyl (C=O) groups is 2. The molecule has 6 heteroatoms. The number of imidazole rings is 1. The standard InChI is InChI=1S/C13H19N3O3/c1-3-5-12(17)16(6-4-2)11(13(18)19)7-10-8-14-9-15-10/h3,5,8-9,11H,4,6-7H2,1-2H3,(H,14,15)(H,18,19)/t11-/m0/s1. The average Bonchev–Trinajstić information content (AvgIpc) is 2.86. The van der Waals surface area contributed by atoms with Crippen LogP contribution in [-0.2, 0) is 16.0 Å². The zero-order valence-corrected chi connectivity index (χ0v) is 11.2. The van der Waals surface area contributed by atoms with Crippen molar-refractivity contribution in [2.75, 3.05) is 6.54 Å². The van der Waals surface area contributed by atoms with Crippen LogP contribution in [0.25, 0.3) is 0 Å². The van der Waals surface area contributed by atoms with E-state index < -0.39 is 12.0 Å². The Labute approximate surface area is 112 Å². The number of nitrogens with zero attached hydrogens (tertiary/aromatic N) is 2. The minimum absolute atomic E-state index is 0.221. The van der Waals surface area contributed by atoms with Crippen LogP contribution in [0.4, 0.5) is 0 Å². The molecule has 1 aromatic heterocycles. The molecule has 0 spiro atoms. The number of aromatic amines is 1. The number of hydrogen-bond donors (Lipinski definition) is 2. The molecular formula is C13H19N3O3. The van der Waals surface area contributed by atoms with E-state index in [4.69, 9.17) is 0 Å². The van der Waals surface area contributed by atoms with E-state index >= 15 is 0 Å². The Bertz CT molecular complexity index is 440. The van der Waals surface area contributed by atoms with Crippen LogP contribution in [0.3, 0.4) is 0 Å². The van der Waals surface area contributed by atoms with Gasteiger partial charge >= 0.3 is 5.97 Å². The minimum Gasteiger partial charge on any atom is -0.480 e. The van der Waals surface area contributed by atoms with Gasteiger partial charge in [0, 0.05) is 24.9 Å². The highest BCUT2D eigenvalue weighted by Gasteiger charge is 2.28. The molecule has 6 nitrogen and oxygen atoms in total. The number of carbonyl (C=O) groups excluding carboxylic acids is 1. The first-order valence-electron chi connectivity index (χ1n) is 6.23. The summed E-state index contributed by atoms with van der Waals surface area (Å²) in [7, 11) is 0. The van der Waals surface area contributed by atoms with Crippen molar-refractivity contribution in [2.24, 2.45) is 0 Å². The lowest BCUT2D eigenvalue weighted by Crippen LogP contribution is -2.46. The van der Waals surface area contributed by atoms with Crippen LogP contribution in [0.5, 0.6) is 0 Å². The summed E-state index contributed by atoms with van der Waals surface area (Å²) in [4.78, 5) is 31.4. The molecule has 1 amide bonds. The highest BCUT2D eigenvalue weighted by molar-refractivity contribution is 5.91. The molecule has 2 N–H and O–H groups in total. The van der Waals surface area contributed by atoms with Crippen molar-refractivity contribution in [2.45, 2.75) is 32.7 Å². The number of carboxylic acid groups (broad SMARTS) is 1. The zero-order valence-electron chi connectivity index (χ0n) is 11.2. The van der Waals surface area contributed by atoms with Crippen molar-refractivity contribution < 1.29 is 14.7 Å². The highest BCUT2D eigenvalue weighted by Crippen LogP contribution is 2.09. The predicted molar refractivity (Wildman–Crippen MR) is 70.5 cm³/mol. The van der Waals surface area contributed by atoms with Gasteiger partial charge in [0.25, 0.3) is 0 Å². The fraction of sp³-hybridized carbons (Fsp3) is 0.462. The number of H-pyrrole nitrogens is 1. The molecule has 0 aromatic carbocycles. The SMILES string of the molecule is CC=CC(=O)N(CCC)[C@@H](Cc1cnc[nH]1)C(=O)O. The largest absolute Gasteiger partial charge is 0.480 e. The summed E-state index contributed by atoms with van der Waals surface area (Å²) in [6, 6.07) is -0.885. The van der Waals surface area contributed by atoms with Crippen molar-refractivity contribution in [1.82, 2.24) is 14.9 Å². The molecule has 0 bridgehead atoms. The Balaban J connectivity index is 2.91. The van der Waals surface area contributed by atoms with Gasteiger partial charge in [-0.05, 0) is 19.4 Å². The number of aliphatic carboxylic acids is 1. The first kappa shape index (κ1) is 14.9. The Hall–Kier alpha value is -2.11. The van der Waals surface area contributed by atoms with Crippen molar-refractivity contribution in [1.29, 1.82) is 0 Å². The number of aromatic nitrogens is 2. The molecule has 104 valence electrons. The van der Waals surface area contributed by atoms with E-state index in [1.54, 1.807) is 19.2 Å². The maximum Gasteiger partial charge on any atom is 0.326 e. The van der Waals surface area contributed by atoms with Crippen LogP contribution in [-0.4, -0.2) is 44.4 Å². The Morgan fingerprint density at radius 3 is 2.79 bits per heavy atom. The number of nitrogens with one attached hydrogen (secondary N) is 1. The van der Waals surface area contributed by atoms with Gasteiger partial charge in [-0.3, -0.25) is 4.79 Å². The van der Waals surface area contributed by atoms with Crippen LogP contribution < -0.4 is 0 Å². The smallest absolute Gasteiger partial charge is 0.326 e. The van der Waals surface area contributed by atoms with Crippen LogP contribution >= 0.6 is 0 Å². The monoisotopic (exact) mass is 265 g/mol. The molecular weight excluding hydrogens is 246 g/mol. The topological polar surface area (TPSA) is 86.3 Å². The molecule has 0 aliphatic rings. The lowest BCUT2D eigenvalue weighted by Gasteiger charge is -2.27. The Morgan fingerprint density at radius 1 is 1.58 bits per heavy atom. The van der Waals surface area contributed by atoms with Gasteiger partial charge < -0.3 is 15.0 Å². The lowest BCUT2D eigenvalue weighted by atomic mass is 10.1. The van der Waals surface area contributed by atoms with Crippen LogP contribution in [0, 0.1) is 0 Å². The van der Waals surface area contributed by atoms with Crippen molar-refractivity contribution in [3.63, 3.8) is 0 Å². The number of carboxylic acids is 1. The van der Waals surface area contributed by atoms with Crippen LogP contribution in [0.1, 0.15) is 26.0 Å². The van der Waals surface area contributed by atoms with Crippen molar-refractivity contribution >= 4 is 11.9 Å². The third-order valence-electron chi connectivity index (χ3n) is 2.69. The molecule has 1 rings (SSSR count). The van der Waals surface area contributed by atoms with Crippen molar-refractivity contribution in [3.8, 4) is 0 Å². The van der Waals surface area contributed by atoms with Gasteiger partial charge in [0.2, 0.25) is 5.91 Å². The van der Waals surface area contributed by atoms with E-state index in [1.165, 1.54) is 17.3 Å². The fourth-order valence-corrected chi connectivity index (χ4v) is 1.83. The summed E-state index contributed by atoms with van der Waals surface area (Å²) in [5, 5.41) is 9.33. The summed E-state index contributed by atoms with van der Waals surface area (Å²) in [5.41, 5.74) is 0.696. The molecule has 0 aliphatic heterocycles. The van der Waals surface area contributed by atoms with E-state index in [2.05, 4.69) is 9.97 Å². The van der Waals surface area contributed by atoms with Gasteiger partial charge in [0.1, 0.15) is 6.04 Å². The molecule has 0 saturated carbocycles. The summed E-state index contributed by atoms with van der Waals surface area (Å²) < 4.78 is 0. The van der Waals surface area contributed by atoms with Crippen molar-refractivity contribution in [3.05, 3.63) is 30.4 Å². The van der Waals surface area contributed by atoms with Gasteiger partial charge in [-0.15, -0.1) is 0 Å². The maximum atomic E-state index is 12.0. The second-order valence-corrected chi connectivity index (χ2v) is 4.17. The summed E-state index contributed by atoms with van der Waals surface area (Å²) in [6.07, 6.45) is 6.99. The first-order chi connectivity index (χ1) is 9.10. The zero-order chi connectivity index (χ0) is 14.3. The number of rotatable bonds is 7. The third-order valence-corrected chi connectivity index (χ3v) is 2.69. The quantitative estimate of drug-likeness (QED) is 0.726. The summed E-state index contributed by atoms with van der Waals surface area (Å²) >= 11 is 0. The second kappa shape index (κ2) is 7.35. The average molecular weight is 265 g/mol. The van der Waals surface area contributed by atoms with E-state index in [9.17, 15) is 14.7 Å². The van der Waals surface area contributed by atoms with Gasteiger partial charge in [0.15, 0.2) is 0 Å². The van der Waals surface area contributed by atoms with E-state index in [1.807, 2.05) is 6.92 Å². The lowest BCUT2D eigenvalue weighted by molar-refractivity contribution is -0.148. The summed E-state index contributed by atoms with van der Waals surface area (Å²) in [6.45, 7) is 4.05. The van der Waals surface area contributed by atoms with Crippen LogP contribution in [0.2, 0.25) is 0 Å². The number of amides is 1. The summed E-state index contributed by atoms with van der Waals surface area (Å²) in [5.74, 6) is -1.29. The number of allylic oxidation sites excluding steroid dienone is 1. The molecule has 0 saturated heterocycles. The molecule has 0 radical (unpaired) electrons. The van der Waals surface area contributed by atoms with Gasteiger partial charge in [0.05, 0.1) is 6.33 Å². The Morgan fingerprint density at radius 2 is 2.32 bits per heavy atom. The molecule has 19 heavy (non-hydrogen) atoms. The first-order valence-corrected chi connectivity index (χ1v) is 6.23. The number of hydrogen-bond acceptors (Lipinski definition) is 3. The van der Waals surface area contributed by atoms with E-state index in [0.717, 1.165) is 0 Å². The molecule has 1 atom stereocenters. The maximum absolute atomic E-state index is 12.0. The van der Waals surface area contributed by atoms with E-state index in [-0.39, 0.29) is 12.3 Å². The van der Waals surface area contributed by atoms with Crippen LogP contribution in [0.15, 0.2) is 24.7 Å². The normalized spacial score (nSPS) is 12.5. The molecule has 1 heterocycles. The Kier molecular flexibility index (Phi) is 5.78. The van der Waals surface area contributed by atoms with Gasteiger partial charge in [-0.1, -0.05) is 13.0 Å². The van der Waals surface area contributed by atoms with E-state index in [0.29, 0.717) is 18.7 Å². The fourth-order valence-electron chi connectivity index (χ4n) is 1.83.